The quantitative estimate of drug-likeness (QED) is 0.403. The van der Waals surface area contributed by atoms with Crippen LogP contribution >= 0.6 is 11.6 Å². The number of carbonyl (C=O) groups excluding carboxylic acids is 1. The fourth-order valence-corrected chi connectivity index (χ4v) is 5.47. The molecule has 1 atom stereocenters. The van der Waals surface area contributed by atoms with E-state index in [2.05, 4.69) is 9.88 Å². The van der Waals surface area contributed by atoms with Crippen LogP contribution in [-0.4, -0.2) is 59.4 Å². The summed E-state index contributed by atoms with van der Waals surface area (Å²) in [7, 11) is 0. The van der Waals surface area contributed by atoms with Crippen LogP contribution in [0.4, 0.5) is 0 Å². The topological polar surface area (TPSA) is 78.0 Å². The number of nitrogens with one attached hydrogen (secondary N) is 1. The first kappa shape index (κ1) is 24.6. The molecule has 6 rings (SSSR count). The highest BCUT2D eigenvalue weighted by Crippen LogP contribution is 2.37. The molecule has 1 aromatic heterocycles. The Kier molecular flexibility index (Phi) is 6.81. The van der Waals surface area contributed by atoms with Crippen molar-refractivity contribution in [3.63, 3.8) is 0 Å². The van der Waals surface area contributed by atoms with Gasteiger partial charge in [0.1, 0.15) is 0 Å². The van der Waals surface area contributed by atoms with E-state index in [-0.39, 0.29) is 24.1 Å². The van der Waals surface area contributed by atoms with E-state index in [1.807, 2.05) is 72.8 Å². The van der Waals surface area contributed by atoms with Gasteiger partial charge < -0.3 is 9.72 Å². The van der Waals surface area contributed by atoms with Crippen molar-refractivity contribution >= 4 is 34.1 Å². The highest BCUT2D eigenvalue weighted by molar-refractivity contribution is 6.31. The van der Waals surface area contributed by atoms with Crippen LogP contribution in [0, 0.1) is 0 Å². The number of rotatable bonds is 5. The molecule has 0 saturated carbocycles. The third kappa shape index (κ3) is 4.76. The van der Waals surface area contributed by atoms with Crippen LogP contribution < -0.4 is 5.56 Å². The van der Waals surface area contributed by atoms with Crippen molar-refractivity contribution < 1.29 is 9.53 Å². The average molecular weight is 527 g/mol. The lowest BCUT2D eigenvalue weighted by molar-refractivity contribution is -0.135. The van der Waals surface area contributed by atoms with Crippen LogP contribution in [-0.2, 0) is 9.53 Å². The largest absolute Gasteiger partial charge is 0.379 e. The summed E-state index contributed by atoms with van der Waals surface area (Å²) in [6.45, 7) is 2.88. The van der Waals surface area contributed by atoms with E-state index in [0.717, 1.165) is 22.1 Å². The maximum absolute atomic E-state index is 13.6. The second kappa shape index (κ2) is 10.5. The summed E-state index contributed by atoms with van der Waals surface area (Å²) in [4.78, 5) is 32.3. The number of benzene rings is 3. The van der Waals surface area contributed by atoms with Crippen LogP contribution in [0.3, 0.4) is 0 Å². The monoisotopic (exact) mass is 526 g/mol. The van der Waals surface area contributed by atoms with Crippen molar-refractivity contribution in [2.75, 3.05) is 32.8 Å². The molecule has 192 valence electrons. The van der Waals surface area contributed by atoms with Gasteiger partial charge in [0.2, 0.25) is 0 Å². The molecule has 1 N–H and O–H groups in total. The number of aromatic nitrogens is 1. The van der Waals surface area contributed by atoms with E-state index < -0.39 is 0 Å². The van der Waals surface area contributed by atoms with Gasteiger partial charge in [0.05, 0.1) is 37.1 Å². The standard InChI is InChI=1S/C30H27ClN4O3/c31-22-11-12-24-23(17-22)28(21-9-5-2-6-10-21)29(30(37)32-24)25-18-26(20-7-3-1-4-8-20)35(33-25)27(36)19-34-13-15-38-16-14-34/h1-12,17,26H,13-16,18-19H2,(H,32,37)/t26-/m1/s1. The average Bonchev–Trinajstić information content (AvgIpc) is 3.39. The van der Waals surface area contributed by atoms with Crippen molar-refractivity contribution in [2.45, 2.75) is 12.5 Å². The number of fused-ring (bicyclic) bond motifs is 1. The Morgan fingerprint density at radius 2 is 1.68 bits per heavy atom. The van der Waals surface area contributed by atoms with Crippen LogP contribution in [0.2, 0.25) is 5.02 Å². The van der Waals surface area contributed by atoms with Gasteiger partial charge in [-0.25, -0.2) is 5.01 Å². The molecular formula is C30H27ClN4O3. The van der Waals surface area contributed by atoms with Crippen molar-refractivity contribution in [3.8, 4) is 11.1 Å². The van der Waals surface area contributed by atoms with Gasteiger partial charge in [-0.15, -0.1) is 0 Å². The zero-order chi connectivity index (χ0) is 26.1. The molecule has 8 heteroatoms. The van der Waals surface area contributed by atoms with E-state index in [1.54, 1.807) is 11.1 Å². The minimum Gasteiger partial charge on any atom is -0.379 e. The lowest BCUT2D eigenvalue weighted by Gasteiger charge is -2.29. The third-order valence-electron chi connectivity index (χ3n) is 7.14. The van der Waals surface area contributed by atoms with Crippen LogP contribution in [0.5, 0.6) is 0 Å². The zero-order valence-corrected chi connectivity index (χ0v) is 21.5. The number of morpholine rings is 1. The highest BCUT2D eigenvalue weighted by atomic mass is 35.5. The normalized spacial score (nSPS) is 18.1. The van der Waals surface area contributed by atoms with Gasteiger partial charge >= 0.3 is 0 Å². The van der Waals surface area contributed by atoms with E-state index >= 15 is 0 Å². The summed E-state index contributed by atoms with van der Waals surface area (Å²) in [5, 5.41) is 7.82. The Hall–Kier alpha value is -3.78. The number of pyridine rings is 1. The molecule has 1 amide bonds. The molecule has 3 heterocycles. The van der Waals surface area contributed by atoms with Crippen molar-refractivity contribution in [3.05, 3.63) is 105 Å². The van der Waals surface area contributed by atoms with Crippen molar-refractivity contribution in [2.24, 2.45) is 5.10 Å². The van der Waals surface area contributed by atoms with Gasteiger partial charge in [-0.2, -0.15) is 5.10 Å². The van der Waals surface area contributed by atoms with E-state index in [0.29, 0.717) is 54.5 Å². The molecule has 1 fully saturated rings. The third-order valence-corrected chi connectivity index (χ3v) is 7.38. The number of ether oxygens (including phenoxy) is 1. The minimum atomic E-state index is -0.308. The number of halogens is 1. The number of hydrazone groups is 1. The molecule has 4 aromatic rings. The van der Waals surface area contributed by atoms with E-state index in [4.69, 9.17) is 21.4 Å². The Bertz CT molecular complexity index is 1560. The summed E-state index contributed by atoms with van der Waals surface area (Å²) in [6, 6.07) is 24.8. The minimum absolute atomic E-state index is 0.0997. The van der Waals surface area contributed by atoms with Gasteiger partial charge in [-0.1, -0.05) is 72.3 Å². The lowest BCUT2D eigenvalue weighted by atomic mass is 9.91. The molecule has 0 aliphatic carbocycles. The summed E-state index contributed by atoms with van der Waals surface area (Å²) < 4.78 is 5.44. The SMILES string of the molecule is O=C(CN1CCOCC1)N1N=C(c2c(-c3ccccc3)c3cc(Cl)ccc3[nH]c2=O)C[C@@H]1c1ccccc1. The van der Waals surface area contributed by atoms with Gasteiger partial charge in [-0.05, 0) is 29.3 Å². The lowest BCUT2D eigenvalue weighted by Crippen LogP contribution is -2.43. The van der Waals surface area contributed by atoms with Gasteiger partial charge in [-0.3, -0.25) is 14.5 Å². The Morgan fingerprint density at radius 1 is 0.974 bits per heavy atom. The number of aromatic amines is 1. The first-order valence-corrected chi connectivity index (χ1v) is 13.1. The number of carbonyl (C=O) groups is 1. The zero-order valence-electron chi connectivity index (χ0n) is 20.8. The molecule has 0 unspecified atom stereocenters. The molecule has 7 nitrogen and oxygen atoms in total. The summed E-state index contributed by atoms with van der Waals surface area (Å²) in [5.41, 5.74) is 4.12. The van der Waals surface area contributed by atoms with Crippen molar-refractivity contribution in [1.29, 1.82) is 0 Å². The first-order valence-electron chi connectivity index (χ1n) is 12.7. The van der Waals surface area contributed by atoms with Gasteiger partial charge in [0, 0.05) is 41.0 Å². The Labute approximate surface area is 225 Å². The maximum Gasteiger partial charge on any atom is 0.258 e. The molecular weight excluding hydrogens is 500 g/mol. The molecule has 0 bridgehead atoms. The number of hydrogen-bond acceptors (Lipinski definition) is 5. The second-order valence-corrected chi connectivity index (χ2v) is 10.0. The summed E-state index contributed by atoms with van der Waals surface area (Å²) in [5.74, 6) is -0.0997. The van der Waals surface area contributed by atoms with Gasteiger partial charge in [0.15, 0.2) is 0 Å². The van der Waals surface area contributed by atoms with E-state index in [1.165, 1.54) is 0 Å². The molecule has 3 aromatic carbocycles. The number of H-pyrrole nitrogens is 1. The first-order chi connectivity index (χ1) is 18.6. The predicted octanol–water partition coefficient (Wildman–Crippen LogP) is 4.86. The number of hydrogen-bond donors (Lipinski definition) is 1. The second-order valence-electron chi connectivity index (χ2n) is 9.56. The number of nitrogens with zero attached hydrogens (tertiary/aromatic N) is 3. The fraction of sp³-hybridized carbons (Fsp3) is 0.233. The van der Waals surface area contributed by atoms with Gasteiger partial charge in [0.25, 0.3) is 11.5 Å². The summed E-state index contributed by atoms with van der Waals surface area (Å²) in [6.07, 6.45) is 0.424. The molecule has 2 aliphatic rings. The molecule has 0 spiro atoms. The van der Waals surface area contributed by atoms with Crippen molar-refractivity contribution in [1.82, 2.24) is 14.9 Å². The predicted molar refractivity (Wildman–Crippen MR) is 149 cm³/mol. The molecule has 2 aliphatic heterocycles. The number of amides is 1. The Balaban J connectivity index is 1.49. The van der Waals surface area contributed by atoms with E-state index in [9.17, 15) is 9.59 Å². The van der Waals surface area contributed by atoms with Crippen LogP contribution in [0.25, 0.3) is 22.0 Å². The summed E-state index contributed by atoms with van der Waals surface area (Å²) >= 11 is 6.40. The molecule has 38 heavy (non-hydrogen) atoms. The maximum atomic E-state index is 13.6. The highest BCUT2D eigenvalue weighted by Gasteiger charge is 2.36. The molecule has 0 radical (unpaired) electrons. The molecule has 1 saturated heterocycles. The Morgan fingerprint density at radius 3 is 2.42 bits per heavy atom. The fourth-order valence-electron chi connectivity index (χ4n) is 5.29. The smallest absolute Gasteiger partial charge is 0.258 e. The van der Waals surface area contributed by atoms with Crippen LogP contribution in [0.1, 0.15) is 23.6 Å². The van der Waals surface area contributed by atoms with Crippen LogP contribution in [0.15, 0.2) is 88.8 Å².